The summed E-state index contributed by atoms with van der Waals surface area (Å²) in [7, 11) is 0. The minimum absolute atomic E-state index is 0.334. The molecule has 0 fully saturated rings. The number of carbonyl (C=O) groups is 1. The van der Waals surface area contributed by atoms with E-state index < -0.39 is 0 Å². The third-order valence-electron chi connectivity index (χ3n) is 1.62. The Labute approximate surface area is 82.7 Å². The van der Waals surface area contributed by atoms with Gasteiger partial charge in [0.25, 0.3) is 0 Å². The van der Waals surface area contributed by atoms with Crippen LogP contribution in [-0.4, -0.2) is 20.9 Å². The zero-order chi connectivity index (χ0) is 9.26. The lowest BCUT2D eigenvalue weighted by atomic mass is 10.3. The largest absolute Gasteiger partial charge is 0.303 e. The molecule has 0 aliphatic rings. The number of fused-ring (bicyclic) bond motifs is 1. The van der Waals surface area contributed by atoms with Gasteiger partial charge < -0.3 is 4.79 Å². The summed E-state index contributed by atoms with van der Waals surface area (Å²) in [5.74, 6) is 0. The number of rotatable bonds is 2. The summed E-state index contributed by atoms with van der Waals surface area (Å²) in [4.78, 5) is 14.4. The molecule has 5 heteroatoms. The Balaban J connectivity index is 2.55. The van der Waals surface area contributed by atoms with E-state index in [2.05, 4.69) is 26.0 Å². The molecule has 0 unspecified atom stereocenters. The van der Waals surface area contributed by atoms with Gasteiger partial charge in [-0.05, 0) is 15.9 Å². The lowest BCUT2D eigenvalue weighted by Gasteiger charge is -1.90. The van der Waals surface area contributed by atoms with Crippen LogP contribution in [0.2, 0.25) is 0 Å². The van der Waals surface area contributed by atoms with Gasteiger partial charge in [0.1, 0.15) is 6.29 Å². The van der Waals surface area contributed by atoms with Gasteiger partial charge in [0.05, 0.1) is 10.2 Å². The first-order chi connectivity index (χ1) is 6.29. The van der Waals surface area contributed by atoms with Crippen LogP contribution in [0.25, 0.3) is 5.65 Å². The normalized spacial score (nSPS) is 10.5. The van der Waals surface area contributed by atoms with Crippen molar-refractivity contribution in [1.82, 2.24) is 14.6 Å². The molecule has 2 rings (SSSR count). The van der Waals surface area contributed by atoms with Crippen LogP contribution in [0.3, 0.4) is 0 Å². The van der Waals surface area contributed by atoms with Crippen LogP contribution in [0, 0.1) is 0 Å². The first-order valence-corrected chi connectivity index (χ1v) is 4.52. The van der Waals surface area contributed by atoms with Gasteiger partial charge in [-0.3, -0.25) is 0 Å². The molecule has 0 saturated heterocycles. The number of hydrogen-bond donors (Lipinski definition) is 0. The summed E-state index contributed by atoms with van der Waals surface area (Å²) in [6, 6.07) is 1.79. The van der Waals surface area contributed by atoms with E-state index in [1.165, 1.54) is 0 Å². The third kappa shape index (κ3) is 1.60. The molecular formula is C8H6BrN3O. The maximum atomic E-state index is 10.2. The van der Waals surface area contributed by atoms with E-state index in [-0.39, 0.29) is 0 Å². The minimum Gasteiger partial charge on any atom is -0.303 e. The highest BCUT2D eigenvalue weighted by Crippen LogP contribution is 2.09. The lowest BCUT2D eigenvalue weighted by molar-refractivity contribution is -0.107. The highest BCUT2D eigenvalue weighted by Gasteiger charge is 2.01. The summed E-state index contributed by atoms with van der Waals surface area (Å²) in [5.41, 5.74) is 1.49. The fourth-order valence-corrected chi connectivity index (χ4v) is 1.38. The van der Waals surface area contributed by atoms with Crippen LogP contribution in [0.4, 0.5) is 0 Å². The van der Waals surface area contributed by atoms with E-state index in [1.54, 1.807) is 23.0 Å². The molecule has 13 heavy (non-hydrogen) atoms. The highest BCUT2D eigenvalue weighted by atomic mass is 79.9. The van der Waals surface area contributed by atoms with Crippen LogP contribution >= 0.6 is 15.9 Å². The average Bonchev–Trinajstić information content (AvgIpc) is 2.46. The Kier molecular flexibility index (Phi) is 2.10. The number of aldehydes is 1. The molecule has 4 nitrogen and oxygen atoms in total. The van der Waals surface area contributed by atoms with Crippen molar-refractivity contribution in [1.29, 1.82) is 0 Å². The summed E-state index contributed by atoms with van der Waals surface area (Å²) < 4.78 is 2.50. The lowest BCUT2D eigenvalue weighted by Crippen LogP contribution is -1.90. The number of halogens is 1. The van der Waals surface area contributed by atoms with Crippen molar-refractivity contribution in [2.45, 2.75) is 6.42 Å². The molecule has 0 amide bonds. The maximum Gasteiger partial charge on any atom is 0.155 e. The first-order valence-electron chi connectivity index (χ1n) is 3.73. The third-order valence-corrected chi connectivity index (χ3v) is 2.03. The predicted octanol–water partition coefficient (Wildman–Crippen LogP) is 1.23. The van der Waals surface area contributed by atoms with Crippen LogP contribution in [-0.2, 0) is 11.2 Å². The van der Waals surface area contributed by atoms with Crippen LogP contribution in [0.15, 0.2) is 22.9 Å². The quantitative estimate of drug-likeness (QED) is 0.742. The van der Waals surface area contributed by atoms with Crippen molar-refractivity contribution < 1.29 is 4.79 Å². The molecule has 0 bridgehead atoms. The van der Waals surface area contributed by atoms with E-state index in [9.17, 15) is 4.79 Å². The molecule has 0 atom stereocenters. The van der Waals surface area contributed by atoms with Crippen molar-refractivity contribution in [2.24, 2.45) is 0 Å². The molecule has 0 spiro atoms. The molecule has 0 aliphatic carbocycles. The zero-order valence-electron chi connectivity index (χ0n) is 6.64. The van der Waals surface area contributed by atoms with Crippen molar-refractivity contribution in [3.05, 3.63) is 28.6 Å². The summed E-state index contributed by atoms with van der Waals surface area (Å²) in [5, 5.41) is 4.16. The average molecular weight is 240 g/mol. The van der Waals surface area contributed by atoms with Crippen molar-refractivity contribution in [3.8, 4) is 0 Å². The zero-order valence-corrected chi connectivity index (χ0v) is 8.23. The van der Waals surface area contributed by atoms with Crippen molar-refractivity contribution in [3.63, 3.8) is 0 Å². The fraction of sp³-hybridized carbons (Fsp3) is 0.125. The second-order valence-electron chi connectivity index (χ2n) is 2.58. The Morgan fingerprint density at radius 2 is 2.46 bits per heavy atom. The fourth-order valence-electron chi connectivity index (χ4n) is 1.09. The molecule has 2 aromatic rings. The van der Waals surface area contributed by atoms with Gasteiger partial charge in [-0.15, -0.1) is 0 Å². The molecule has 0 radical (unpaired) electrons. The number of hydrogen-bond acceptors (Lipinski definition) is 3. The standard InChI is InChI=1S/C8H6BrN3O/c9-6-4-10-8-3-7(1-2-13)11-12(8)5-6/h2-5H,1H2. The Morgan fingerprint density at radius 1 is 1.62 bits per heavy atom. The van der Waals surface area contributed by atoms with Crippen molar-refractivity contribution >= 4 is 27.9 Å². The van der Waals surface area contributed by atoms with Crippen molar-refractivity contribution in [2.75, 3.05) is 0 Å². The van der Waals surface area contributed by atoms with Crippen LogP contribution < -0.4 is 0 Å². The highest BCUT2D eigenvalue weighted by molar-refractivity contribution is 9.10. The maximum absolute atomic E-state index is 10.2. The molecule has 0 N–H and O–H groups in total. The smallest absolute Gasteiger partial charge is 0.155 e. The molecule has 0 saturated carbocycles. The Morgan fingerprint density at radius 3 is 3.23 bits per heavy atom. The predicted molar refractivity (Wildman–Crippen MR) is 50.5 cm³/mol. The molecule has 2 aromatic heterocycles. The number of carbonyl (C=O) groups excluding carboxylic acids is 1. The van der Waals surface area contributed by atoms with E-state index in [0.29, 0.717) is 6.42 Å². The molecule has 0 aliphatic heterocycles. The van der Waals surface area contributed by atoms with Gasteiger partial charge in [-0.1, -0.05) is 0 Å². The molecule has 66 valence electrons. The molecular weight excluding hydrogens is 234 g/mol. The minimum atomic E-state index is 0.334. The molecule has 2 heterocycles. The van der Waals surface area contributed by atoms with Crippen LogP contribution in [0.1, 0.15) is 5.69 Å². The monoisotopic (exact) mass is 239 g/mol. The Hall–Kier alpha value is -1.23. The van der Waals surface area contributed by atoms with E-state index in [4.69, 9.17) is 0 Å². The topological polar surface area (TPSA) is 47.3 Å². The van der Waals surface area contributed by atoms with Gasteiger partial charge in [0.2, 0.25) is 0 Å². The summed E-state index contributed by atoms with van der Waals surface area (Å²) >= 11 is 3.29. The van der Waals surface area contributed by atoms with E-state index in [1.807, 2.05) is 0 Å². The van der Waals surface area contributed by atoms with E-state index >= 15 is 0 Å². The molecule has 0 aromatic carbocycles. The van der Waals surface area contributed by atoms with Gasteiger partial charge in [0.15, 0.2) is 5.65 Å². The van der Waals surface area contributed by atoms with Crippen LogP contribution in [0.5, 0.6) is 0 Å². The SMILES string of the molecule is O=CCc1cc2ncc(Br)cn2n1. The summed E-state index contributed by atoms with van der Waals surface area (Å²) in [6.45, 7) is 0. The van der Waals surface area contributed by atoms with Gasteiger partial charge in [-0.25, -0.2) is 9.50 Å². The van der Waals surface area contributed by atoms with Gasteiger partial charge in [0, 0.05) is 24.9 Å². The second kappa shape index (κ2) is 3.26. The van der Waals surface area contributed by atoms with Gasteiger partial charge in [-0.2, -0.15) is 5.10 Å². The second-order valence-corrected chi connectivity index (χ2v) is 3.50. The number of aromatic nitrogens is 3. The van der Waals surface area contributed by atoms with Gasteiger partial charge >= 0.3 is 0 Å². The summed E-state index contributed by atoms with van der Waals surface area (Å²) in [6.07, 6.45) is 4.66. The first kappa shape index (κ1) is 8.37. The van der Waals surface area contributed by atoms with E-state index in [0.717, 1.165) is 22.1 Å². The number of nitrogens with zero attached hydrogens (tertiary/aromatic N) is 3. The Bertz CT molecular complexity index is 452.